The van der Waals surface area contributed by atoms with E-state index in [9.17, 15) is 9.59 Å². The van der Waals surface area contributed by atoms with E-state index in [1.807, 2.05) is 0 Å². The molecule has 0 heterocycles. The molecular weight excluding hydrogens is 210 g/mol. The van der Waals surface area contributed by atoms with E-state index in [1.54, 1.807) is 0 Å². The van der Waals surface area contributed by atoms with Crippen molar-refractivity contribution in [2.75, 3.05) is 13.2 Å². The Morgan fingerprint density at radius 3 is 2.38 bits per heavy atom. The number of rotatable bonds is 5. The Morgan fingerprint density at radius 1 is 1.38 bits per heavy atom. The average Bonchev–Trinajstić information content (AvgIpc) is 2.76. The Hall–Kier alpha value is -1.10. The largest absolute Gasteiger partial charge is 0.481 e. The van der Waals surface area contributed by atoms with Gasteiger partial charge in [0.1, 0.15) is 5.92 Å². The van der Waals surface area contributed by atoms with Gasteiger partial charge in [-0.1, -0.05) is 12.8 Å². The van der Waals surface area contributed by atoms with Crippen molar-refractivity contribution in [3.05, 3.63) is 0 Å². The van der Waals surface area contributed by atoms with Crippen molar-refractivity contribution >= 4 is 11.9 Å². The highest BCUT2D eigenvalue weighted by Gasteiger charge is 2.31. The molecular formula is C11H19NO4. The highest BCUT2D eigenvalue weighted by atomic mass is 16.4. The van der Waals surface area contributed by atoms with Crippen LogP contribution in [0.1, 0.15) is 32.6 Å². The van der Waals surface area contributed by atoms with Crippen molar-refractivity contribution in [3.8, 4) is 0 Å². The number of amides is 1. The molecule has 0 saturated heterocycles. The van der Waals surface area contributed by atoms with Crippen LogP contribution in [-0.4, -0.2) is 46.2 Å². The summed E-state index contributed by atoms with van der Waals surface area (Å²) in [4.78, 5) is 24.2. The number of carbonyl (C=O) groups excluding carboxylic acids is 1. The van der Waals surface area contributed by atoms with Gasteiger partial charge in [-0.05, 0) is 19.8 Å². The van der Waals surface area contributed by atoms with Crippen molar-refractivity contribution in [2.24, 2.45) is 5.92 Å². The third-order valence-electron chi connectivity index (χ3n) is 3.13. The van der Waals surface area contributed by atoms with Gasteiger partial charge in [0.15, 0.2) is 0 Å². The summed E-state index contributed by atoms with van der Waals surface area (Å²) in [6.07, 6.45) is 3.97. The van der Waals surface area contributed by atoms with Gasteiger partial charge >= 0.3 is 5.97 Å². The lowest BCUT2D eigenvalue weighted by Crippen LogP contribution is -2.45. The van der Waals surface area contributed by atoms with Gasteiger partial charge in [0, 0.05) is 12.6 Å². The summed E-state index contributed by atoms with van der Waals surface area (Å²) in [5.41, 5.74) is 0. The first-order chi connectivity index (χ1) is 7.57. The van der Waals surface area contributed by atoms with Crippen molar-refractivity contribution in [3.63, 3.8) is 0 Å². The summed E-state index contributed by atoms with van der Waals surface area (Å²) >= 11 is 0. The van der Waals surface area contributed by atoms with Gasteiger partial charge in [-0.25, -0.2) is 0 Å². The lowest BCUT2D eigenvalue weighted by Gasteiger charge is -2.29. The van der Waals surface area contributed by atoms with E-state index in [-0.39, 0.29) is 25.1 Å². The number of aliphatic hydroxyl groups is 1. The number of carboxylic acid groups (broad SMARTS) is 1. The van der Waals surface area contributed by atoms with Crippen LogP contribution >= 0.6 is 0 Å². The van der Waals surface area contributed by atoms with Gasteiger partial charge in [0.25, 0.3) is 0 Å². The fraction of sp³-hybridized carbons (Fsp3) is 0.818. The number of aliphatic hydroxyl groups excluding tert-OH is 1. The maximum atomic E-state index is 11.9. The van der Waals surface area contributed by atoms with Crippen LogP contribution in [0.15, 0.2) is 0 Å². The van der Waals surface area contributed by atoms with Crippen LogP contribution in [-0.2, 0) is 9.59 Å². The molecule has 1 aliphatic carbocycles. The first-order valence-corrected chi connectivity index (χ1v) is 5.72. The molecule has 0 spiro atoms. The molecule has 0 aliphatic heterocycles. The zero-order valence-electron chi connectivity index (χ0n) is 9.56. The third kappa shape index (κ3) is 2.95. The molecule has 0 radical (unpaired) electrons. The standard InChI is InChI=1S/C11H19NO4/c1-8(11(15)16)10(14)12(6-7-13)9-4-2-3-5-9/h8-9,13H,2-7H2,1H3,(H,15,16). The fourth-order valence-corrected chi connectivity index (χ4v) is 2.15. The topological polar surface area (TPSA) is 77.8 Å². The Morgan fingerprint density at radius 2 is 1.94 bits per heavy atom. The molecule has 1 amide bonds. The summed E-state index contributed by atoms with van der Waals surface area (Å²) in [6, 6.07) is 0.112. The van der Waals surface area contributed by atoms with Crippen LogP contribution < -0.4 is 0 Å². The van der Waals surface area contributed by atoms with Crippen LogP contribution in [0.5, 0.6) is 0 Å². The Bertz CT molecular complexity index is 261. The quantitative estimate of drug-likeness (QED) is 0.672. The second-order valence-corrected chi connectivity index (χ2v) is 4.25. The van der Waals surface area contributed by atoms with E-state index in [2.05, 4.69) is 0 Å². The van der Waals surface area contributed by atoms with E-state index >= 15 is 0 Å². The molecule has 1 aliphatic rings. The van der Waals surface area contributed by atoms with E-state index in [0.717, 1.165) is 25.7 Å². The first kappa shape index (κ1) is 13.0. The predicted molar refractivity (Wildman–Crippen MR) is 57.9 cm³/mol. The smallest absolute Gasteiger partial charge is 0.315 e. The van der Waals surface area contributed by atoms with Crippen LogP contribution in [0.2, 0.25) is 0 Å². The van der Waals surface area contributed by atoms with Gasteiger partial charge in [0.05, 0.1) is 6.61 Å². The van der Waals surface area contributed by atoms with Crippen LogP contribution in [0, 0.1) is 5.92 Å². The summed E-state index contributed by atoms with van der Waals surface area (Å²) in [5.74, 6) is -2.51. The van der Waals surface area contributed by atoms with Gasteiger partial charge in [0.2, 0.25) is 5.91 Å². The molecule has 92 valence electrons. The highest BCUT2D eigenvalue weighted by molar-refractivity contribution is 5.96. The molecule has 5 nitrogen and oxygen atoms in total. The Balaban J connectivity index is 2.68. The number of carbonyl (C=O) groups is 2. The Kier molecular flexibility index (Phi) is 4.73. The molecule has 5 heteroatoms. The predicted octanol–water partition coefficient (Wildman–Crippen LogP) is 0.471. The van der Waals surface area contributed by atoms with Crippen LogP contribution in [0.25, 0.3) is 0 Å². The zero-order valence-corrected chi connectivity index (χ0v) is 9.56. The van der Waals surface area contributed by atoms with Gasteiger partial charge in [-0.2, -0.15) is 0 Å². The van der Waals surface area contributed by atoms with Crippen LogP contribution in [0.3, 0.4) is 0 Å². The molecule has 0 aromatic heterocycles. The number of aliphatic carboxylic acids is 1. The second-order valence-electron chi connectivity index (χ2n) is 4.25. The number of nitrogens with zero attached hydrogens (tertiary/aromatic N) is 1. The van der Waals surface area contributed by atoms with E-state index in [0.29, 0.717) is 0 Å². The second kappa shape index (κ2) is 5.84. The maximum Gasteiger partial charge on any atom is 0.315 e. The molecule has 1 atom stereocenters. The lowest BCUT2D eigenvalue weighted by atomic mass is 10.1. The van der Waals surface area contributed by atoms with Gasteiger partial charge in [-0.3, -0.25) is 9.59 Å². The molecule has 0 aromatic carbocycles. The number of hydrogen-bond donors (Lipinski definition) is 2. The summed E-state index contributed by atoms with van der Waals surface area (Å²) in [6.45, 7) is 1.51. The monoisotopic (exact) mass is 229 g/mol. The normalized spacial score (nSPS) is 18.4. The molecule has 0 aromatic rings. The zero-order chi connectivity index (χ0) is 12.1. The SMILES string of the molecule is CC(C(=O)O)C(=O)N(CCO)C1CCCC1. The molecule has 16 heavy (non-hydrogen) atoms. The molecule has 0 bridgehead atoms. The minimum absolute atomic E-state index is 0.112. The maximum absolute atomic E-state index is 11.9. The average molecular weight is 229 g/mol. The molecule has 1 rings (SSSR count). The number of hydrogen-bond acceptors (Lipinski definition) is 3. The van der Waals surface area contributed by atoms with E-state index in [1.165, 1.54) is 11.8 Å². The van der Waals surface area contributed by atoms with Crippen molar-refractivity contribution in [1.82, 2.24) is 4.90 Å². The summed E-state index contributed by atoms with van der Waals surface area (Å²) in [7, 11) is 0. The van der Waals surface area contributed by atoms with Crippen LogP contribution in [0.4, 0.5) is 0 Å². The van der Waals surface area contributed by atoms with Crippen molar-refractivity contribution < 1.29 is 19.8 Å². The molecule has 2 N–H and O–H groups in total. The highest BCUT2D eigenvalue weighted by Crippen LogP contribution is 2.24. The number of carboxylic acids is 1. The van der Waals surface area contributed by atoms with Gasteiger partial charge < -0.3 is 15.1 Å². The first-order valence-electron chi connectivity index (χ1n) is 5.72. The minimum atomic E-state index is -1.11. The van der Waals surface area contributed by atoms with E-state index < -0.39 is 11.9 Å². The molecule has 1 saturated carbocycles. The lowest BCUT2D eigenvalue weighted by molar-refractivity contribution is -0.151. The van der Waals surface area contributed by atoms with Crippen molar-refractivity contribution in [1.29, 1.82) is 0 Å². The van der Waals surface area contributed by atoms with E-state index in [4.69, 9.17) is 10.2 Å². The summed E-state index contributed by atoms with van der Waals surface area (Å²) < 4.78 is 0. The molecule has 1 unspecified atom stereocenters. The summed E-state index contributed by atoms with van der Waals surface area (Å²) in [5, 5.41) is 17.7. The molecule has 1 fully saturated rings. The fourth-order valence-electron chi connectivity index (χ4n) is 2.15. The Labute approximate surface area is 95.1 Å². The van der Waals surface area contributed by atoms with Crippen molar-refractivity contribution in [2.45, 2.75) is 38.6 Å². The minimum Gasteiger partial charge on any atom is -0.481 e. The third-order valence-corrected chi connectivity index (χ3v) is 3.13. The van der Waals surface area contributed by atoms with Gasteiger partial charge in [-0.15, -0.1) is 0 Å².